The van der Waals surface area contributed by atoms with Crippen molar-refractivity contribution in [3.63, 3.8) is 0 Å². The van der Waals surface area contributed by atoms with E-state index < -0.39 is 0 Å². The third-order valence-corrected chi connectivity index (χ3v) is 6.26. The van der Waals surface area contributed by atoms with Gasteiger partial charge in [-0.2, -0.15) is 0 Å². The van der Waals surface area contributed by atoms with Crippen LogP contribution in [-0.2, 0) is 16.0 Å². The van der Waals surface area contributed by atoms with Gasteiger partial charge in [0.25, 0.3) is 0 Å². The number of carbonyl (C=O) groups excluding carboxylic acids is 2. The molecule has 0 radical (unpaired) electrons. The lowest BCUT2D eigenvalue weighted by Gasteiger charge is -2.27. The summed E-state index contributed by atoms with van der Waals surface area (Å²) in [6.07, 6.45) is 7.04. The van der Waals surface area contributed by atoms with Crippen LogP contribution in [0.5, 0.6) is 5.75 Å². The summed E-state index contributed by atoms with van der Waals surface area (Å²) in [6.45, 7) is 3.20. The maximum atomic E-state index is 13.0. The summed E-state index contributed by atoms with van der Waals surface area (Å²) < 4.78 is 11.0. The van der Waals surface area contributed by atoms with E-state index in [0.717, 1.165) is 6.54 Å². The normalized spacial score (nSPS) is 19.6. The highest BCUT2D eigenvalue weighted by atomic mass is 16.5. The second kappa shape index (κ2) is 9.49. The van der Waals surface area contributed by atoms with Gasteiger partial charge < -0.3 is 19.4 Å². The van der Waals surface area contributed by atoms with E-state index in [2.05, 4.69) is 15.5 Å². The second-order valence-electron chi connectivity index (χ2n) is 8.46. The predicted octanol–water partition coefficient (Wildman–Crippen LogP) is 3.67. The summed E-state index contributed by atoms with van der Waals surface area (Å²) in [6, 6.07) is 5.34. The first-order valence-electron chi connectivity index (χ1n) is 11.2. The average molecular weight is 427 g/mol. The highest BCUT2D eigenvalue weighted by Crippen LogP contribution is 2.32. The summed E-state index contributed by atoms with van der Waals surface area (Å²) in [5.41, 5.74) is 1.23. The molecule has 2 heterocycles. The summed E-state index contributed by atoms with van der Waals surface area (Å²) in [5, 5.41) is 11.0. The van der Waals surface area contributed by atoms with Gasteiger partial charge in [-0.25, -0.2) is 0 Å². The minimum atomic E-state index is -0.362. The van der Waals surface area contributed by atoms with E-state index in [1.807, 2.05) is 17.9 Å². The first kappa shape index (κ1) is 21.3. The van der Waals surface area contributed by atoms with Gasteiger partial charge in [-0.3, -0.25) is 9.59 Å². The van der Waals surface area contributed by atoms with Gasteiger partial charge in [-0.05, 0) is 37.0 Å². The SMILES string of the molecule is CCc1nnc(-c2ccc(OC)c(NC(=O)[C@@H]3CC(=O)N(CC4CCCCC4)C3)c2)o1. The molecule has 2 aromatic rings. The fourth-order valence-corrected chi connectivity index (χ4v) is 4.49. The average Bonchev–Trinajstić information content (AvgIpc) is 3.41. The molecule has 31 heavy (non-hydrogen) atoms. The van der Waals surface area contributed by atoms with Crippen LogP contribution < -0.4 is 10.1 Å². The van der Waals surface area contributed by atoms with Crippen LogP contribution >= 0.6 is 0 Å². The number of ether oxygens (including phenoxy) is 1. The molecule has 0 bridgehead atoms. The Bertz CT molecular complexity index is 935. The number of anilines is 1. The molecule has 1 saturated heterocycles. The highest BCUT2D eigenvalue weighted by molar-refractivity contribution is 5.98. The first-order valence-corrected chi connectivity index (χ1v) is 11.2. The van der Waals surface area contributed by atoms with Crippen LogP contribution in [0.1, 0.15) is 51.3 Å². The number of carbonyl (C=O) groups is 2. The Morgan fingerprint density at radius 1 is 1.26 bits per heavy atom. The summed E-state index contributed by atoms with van der Waals surface area (Å²) in [4.78, 5) is 27.3. The summed E-state index contributed by atoms with van der Waals surface area (Å²) >= 11 is 0. The molecule has 1 aromatic carbocycles. The van der Waals surface area contributed by atoms with Crippen LogP contribution in [0.25, 0.3) is 11.5 Å². The lowest BCUT2D eigenvalue weighted by Crippen LogP contribution is -2.33. The number of benzene rings is 1. The molecule has 2 aliphatic rings. The van der Waals surface area contributed by atoms with Crippen LogP contribution in [-0.4, -0.2) is 47.1 Å². The Morgan fingerprint density at radius 3 is 2.77 bits per heavy atom. The van der Waals surface area contributed by atoms with Crippen LogP contribution in [0.2, 0.25) is 0 Å². The molecule has 1 aliphatic carbocycles. The maximum absolute atomic E-state index is 13.0. The molecule has 0 spiro atoms. The van der Waals surface area contributed by atoms with Gasteiger partial charge in [0, 0.05) is 31.5 Å². The fraction of sp³-hybridized carbons (Fsp3) is 0.565. The number of aromatic nitrogens is 2. The van der Waals surface area contributed by atoms with Crippen molar-refractivity contribution in [1.29, 1.82) is 0 Å². The lowest BCUT2D eigenvalue weighted by molar-refractivity contribution is -0.128. The number of nitrogens with zero attached hydrogens (tertiary/aromatic N) is 3. The van der Waals surface area contributed by atoms with Gasteiger partial charge in [-0.1, -0.05) is 26.2 Å². The van der Waals surface area contributed by atoms with E-state index >= 15 is 0 Å². The zero-order valence-electron chi connectivity index (χ0n) is 18.2. The Kier molecular flexibility index (Phi) is 6.53. The molecule has 1 aliphatic heterocycles. The van der Waals surface area contributed by atoms with Crippen molar-refractivity contribution < 1.29 is 18.7 Å². The quantitative estimate of drug-likeness (QED) is 0.725. The van der Waals surface area contributed by atoms with E-state index in [9.17, 15) is 9.59 Å². The number of likely N-dealkylation sites (tertiary alicyclic amines) is 1. The molecule has 166 valence electrons. The zero-order chi connectivity index (χ0) is 21.8. The molecular weight excluding hydrogens is 396 g/mol. The maximum Gasteiger partial charge on any atom is 0.247 e. The second-order valence-corrected chi connectivity index (χ2v) is 8.46. The lowest BCUT2D eigenvalue weighted by atomic mass is 9.89. The molecule has 1 N–H and O–H groups in total. The Morgan fingerprint density at radius 2 is 2.06 bits per heavy atom. The Balaban J connectivity index is 1.43. The molecule has 2 amide bonds. The highest BCUT2D eigenvalue weighted by Gasteiger charge is 2.35. The number of aryl methyl sites for hydroxylation is 1. The monoisotopic (exact) mass is 426 g/mol. The summed E-state index contributed by atoms with van der Waals surface area (Å²) in [5.74, 6) is 1.59. The largest absolute Gasteiger partial charge is 0.495 e. The van der Waals surface area contributed by atoms with Gasteiger partial charge in [0.05, 0.1) is 18.7 Å². The molecule has 4 rings (SSSR count). The van der Waals surface area contributed by atoms with Gasteiger partial charge in [0.15, 0.2) is 0 Å². The number of hydrogen-bond acceptors (Lipinski definition) is 6. The third kappa shape index (κ3) is 4.89. The van der Waals surface area contributed by atoms with E-state index in [-0.39, 0.29) is 24.2 Å². The van der Waals surface area contributed by atoms with Crippen molar-refractivity contribution in [2.75, 3.05) is 25.5 Å². The molecule has 1 aromatic heterocycles. The van der Waals surface area contributed by atoms with Crippen molar-refractivity contribution in [2.45, 2.75) is 51.9 Å². The van der Waals surface area contributed by atoms with Crippen LogP contribution in [0.15, 0.2) is 22.6 Å². The molecule has 0 unspecified atom stereocenters. The Hall–Kier alpha value is -2.90. The molecule has 1 atom stereocenters. The van der Waals surface area contributed by atoms with Crippen LogP contribution in [0.4, 0.5) is 5.69 Å². The van der Waals surface area contributed by atoms with Crippen molar-refractivity contribution in [2.24, 2.45) is 11.8 Å². The molecule has 1 saturated carbocycles. The van der Waals surface area contributed by atoms with E-state index in [1.54, 1.807) is 19.2 Å². The fourth-order valence-electron chi connectivity index (χ4n) is 4.49. The standard InChI is InChI=1S/C23H30N4O4/c1-3-20-25-26-23(31-20)16-9-10-19(30-2)18(11-16)24-22(29)17-12-21(28)27(14-17)13-15-7-5-4-6-8-15/h9-11,15,17H,3-8,12-14H2,1-2H3,(H,24,29)/t17-/m1/s1. The van der Waals surface area contributed by atoms with Gasteiger partial charge in [0.1, 0.15) is 5.75 Å². The van der Waals surface area contributed by atoms with Gasteiger partial charge in [0.2, 0.25) is 23.6 Å². The van der Waals surface area contributed by atoms with E-state index in [1.165, 1.54) is 32.1 Å². The van der Waals surface area contributed by atoms with Crippen molar-refractivity contribution in [3.05, 3.63) is 24.1 Å². The molecule has 8 heteroatoms. The van der Waals surface area contributed by atoms with Crippen LogP contribution in [0, 0.1) is 11.8 Å². The smallest absolute Gasteiger partial charge is 0.247 e. The minimum Gasteiger partial charge on any atom is -0.495 e. The molecule has 8 nitrogen and oxygen atoms in total. The number of hydrogen-bond donors (Lipinski definition) is 1. The van der Waals surface area contributed by atoms with Crippen molar-refractivity contribution >= 4 is 17.5 Å². The first-order chi connectivity index (χ1) is 15.1. The summed E-state index contributed by atoms with van der Waals surface area (Å²) in [7, 11) is 1.55. The van der Waals surface area contributed by atoms with Crippen molar-refractivity contribution in [3.8, 4) is 17.2 Å². The third-order valence-electron chi connectivity index (χ3n) is 6.26. The van der Waals surface area contributed by atoms with Crippen molar-refractivity contribution in [1.82, 2.24) is 15.1 Å². The molecule has 2 fully saturated rings. The number of nitrogens with one attached hydrogen (secondary N) is 1. The zero-order valence-corrected chi connectivity index (χ0v) is 18.2. The predicted molar refractivity (Wildman–Crippen MR) is 116 cm³/mol. The van der Waals surface area contributed by atoms with Gasteiger partial charge >= 0.3 is 0 Å². The topological polar surface area (TPSA) is 97.6 Å². The van der Waals surface area contributed by atoms with E-state index in [0.29, 0.717) is 47.7 Å². The van der Waals surface area contributed by atoms with Gasteiger partial charge in [-0.15, -0.1) is 10.2 Å². The Labute approximate surface area is 182 Å². The molecular formula is C23H30N4O4. The minimum absolute atomic E-state index is 0.0735. The van der Waals surface area contributed by atoms with Crippen LogP contribution in [0.3, 0.4) is 0 Å². The van der Waals surface area contributed by atoms with E-state index in [4.69, 9.17) is 9.15 Å². The number of methoxy groups -OCH3 is 1. The number of amides is 2. The number of rotatable bonds is 7.